The third kappa shape index (κ3) is 6.58. The van der Waals surface area contributed by atoms with Gasteiger partial charge in [0.15, 0.2) is 0 Å². The Morgan fingerprint density at radius 2 is 1.86 bits per heavy atom. The molecule has 0 aliphatic carbocycles. The normalized spacial score (nSPS) is 21.0. The van der Waals surface area contributed by atoms with Crippen molar-refractivity contribution in [1.82, 2.24) is 14.8 Å². The van der Waals surface area contributed by atoms with Crippen LogP contribution < -0.4 is 10.1 Å². The molecule has 10 heteroatoms. The van der Waals surface area contributed by atoms with Crippen LogP contribution in [0.25, 0.3) is 0 Å². The van der Waals surface area contributed by atoms with Gasteiger partial charge in [0, 0.05) is 70.0 Å². The Morgan fingerprint density at radius 1 is 1.14 bits per heavy atom. The quantitative estimate of drug-likeness (QED) is 0.674. The van der Waals surface area contributed by atoms with Crippen molar-refractivity contribution in [3.05, 3.63) is 53.9 Å². The molecule has 0 fully saturated rings. The number of carbonyl (C=O) groups is 3. The summed E-state index contributed by atoms with van der Waals surface area (Å²) in [7, 11) is 4.74. The number of amides is 3. The molecule has 2 aromatic rings. The van der Waals surface area contributed by atoms with E-state index in [0.29, 0.717) is 35.7 Å². The van der Waals surface area contributed by atoms with Crippen LogP contribution in [0, 0.1) is 5.92 Å². The molecule has 0 saturated heterocycles. The van der Waals surface area contributed by atoms with Gasteiger partial charge in [-0.05, 0) is 31.2 Å². The lowest BCUT2D eigenvalue weighted by Gasteiger charge is -2.36. The third-order valence-corrected chi connectivity index (χ3v) is 6.19. The lowest BCUT2D eigenvalue weighted by atomic mass is 10.0. The van der Waals surface area contributed by atoms with Gasteiger partial charge in [-0.3, -0.25) is 19.4 Å². The molecule has 1 aliphatic heterocycles. The van der Waals surface area contributed by atoms with Crippen molar-refractivity contribution in [3.8, 4) is 5.75 Å². The molecule has 3 rings (SSSR count). The zero-order valence-corrected chi connectivity index (χ0v) is 21.4. The lowest BCUT2D eigenvalue weighted by molar-refractivity contribution is -0.119. The fraction of sp³-hybridized carbons (Fsp3) is 0.462. The molecule has 0 spiro atoms. The summed E-state index contributed by atoms with van der Waals surface area (Å²) in [6.45, 7) is 4.68. The molecular formula is C26H34N4O6. The number of pyridine rings is 1. The number of likely N-dealkylation sites (N-methyl/N-ethyl adjacent to an activating group) is 1. The summed E-state index contributed by atoms with van der Waals surface area (Å²) in [5, 5.41) is 2.73. The second-order valence-electron chi connectivity index (χ2n) is 8.98. The Balaban J connectivity index is 1.97. The molecule has 0 saturated carbocycles. The van der Waals surface area contributed by atoms with Gasteiger partial charge in [-0.15, -0.1) is 0 Å². The fourth-order valence-corrected chi connectivity index (χ4v) is 4.12. The summed E-state index contributed by atoms with van der Waals surface area (Å²) >= 11 is 0. The van der Waals surface area contributed by atoms with Crippen molar-refractivity contribution in [1.29, 1.82) is 0 Å². The van der Waals surface area contributed by atoms with Crippen LogP contribution in [0.3, 0.4) is 0 Å². The lowest BCUT2D eigenvalue weighted by Crippen LogP contribution is -2.48. The number of ether oxygens (including phenoxy) is 3. The van der Waals surface area contributed by atoms with Gasteiger partial charge < -0.3 is 29.3 Å². The first-order valence-corrected chi connectivity index (χ1v) is 11.8. The number of nitrogens with one attached hydrogen (secondary N) is 1. The van der Waals surface area contributed by atoms with E-state index in [1.165, 1.54) is 7.11 Å². The molecule has 3 atom stereocenters. The standard InChI is InChI=1S/C26H34N4O6/c1-17-13-30(25(32)19-8-10-27-11-9-19)18(2)15-36-22-12-20(28-24(31)16-34-4)6-7-21(22)26(33)29(3)14-23(17)35-5/h6-12,17-18,23H,13-16H2,1-5H3,(H,28,31)/t17-,18-,23+/m1/s1. The van der Waals surface area contributed by atoms with E-state index in [4.69, 9.17) is 14.2 Å². The average Bonchev–Trinajstić information content (AvgIpc) is 2.88. The summed E-state index contributed by atoms with van der Waals surface area (Å²) in [6.07, 6.45) is 2.88. The molecule has 0 bridgehead atoms. The maximum absolute atomic E-state index is 13.4. The van der Waals surface area contributed by atoms with Gasteiger partial charge in [0.05, 0.1) is 17.7 Å². The number of hydrogen-bond donors (Lipinski definition) is 1. The van der Waals surface area contributed by atoms with Gasteiger partial charge >= 0.3 is 0 Å². The van der Waals surface area contributed by atoms with E-state index in [2.05, 4.69) is 10.3 Å². The first kappa shape index (κ1) is 27.1. The maximum atomic E-state index is 13.4. The topological polar surface area (TPSA) is 110 Å². The van der Waals surface area contributed by atoms with Crippen LogP contribution in [0.1, 0.15) is 34.6 Å². The van der Waals surface area contributed by atoms with Gasteiger partial charge in [-0.1, -0.05) is 6.92 Å². The maximum Gasteiger partial charge on any atom is 0.257 e. The Labute approximate surface area is 211 Å². The van der Waals surface area contributed by atoms with Crippen molar-refractivity contribution < 1.29 is 28.6 Å². The Kier molecular flexibility index (Phi) is 9.38. The number of carbonyl (C=O) groups excluding carboxylic acids is 3. The monoisotopic (exact) mass is 498 g/mol. The molecule has 1 N–H and O–H groups in total. The molecule has 0 radical (unpaired) electrons. The highest BCUT2D eigenvalue weighted by Gasteiger charge is 2.30. The Bertz CT molecular complexity index is 1060. The molecule has 194 valence electrons. The van der Waals surface area contributed by atoms with Gasteiger partial charge in [-0.2, -0.15) is 0 Å². The van der Waals surface area contributed by atoms with Crippen molar-refractivity contribution in [2.45, 2.75) is 26.0 Å². The average molecular weight is 499 g/mol. The van der Waals surface area contributed by atoms with E-state index in [-0.39, 0.29) is 49.0 Å². The summed E-state index contributed by atoms with van der Waals surface area (Å²) < 4.78 is 16.7. The minimum Gasteiger partial charge on any atom is -0.491 e. The van der Waals surface area contributed by atoms with Gasteiger partial charge in [0.1, 0.15) is 19.0 Å². The smallest absolute Gasteiger partial charge is 0.257 e. The first-order valence-electron chi connectivity index (χ1n) is 11.8. The molecule has 1 aliphatic rings. The molecule has 3 amide bonds. The SMILES string of the molecule is COCC(=O)Nc1ccc2c(c1)OC[C@@H](C)N(C(=O)c1ccncc1)C[C@@H](C)[C@@H](OC)CN(C)C2=O. The third-order valence-electron chi connectivity index (χ3n) is 6.19. The molecule has 1 aromatic heterocycles. The number of fused-ring (bicyclic) bond motifs is 1. The van der Waals surface area contributed by atoms with Crippen LogP contribution in [-0.2, 0) is 14.3 Å². The van der Waals surface area contributed by atoms with E-state index in [9.17, 15) is 14.4 Å². The highest BCUT2D eigenvalue weighted by atomic mass is 16.5. The van der Waals surface area contributed by atoms with Crippen LogP contribution in [-0.4, -0.2) is 92.2 Å². The number of rotatable bonds is 5. The van der Waals surface area contributed by atoms with Gasteiger partial charge in [0.25, 0.3) is 11.8 Å². The van der Waals surface area contributed by atoms with Crippen LogP contribution >= 0.6 is 0 Å². The fourth-order valence-electron chi connectivity index (χ4n) is 4.12. The van der Waals surface area contributed by atoms with Crippen molar-refractivity contribution in [2.24, 2.45) is 5.92 Å². The highest BCUT2D eigenvalue weighted by molar-refractivity contribution is 5.98. The van der Waals surface area contributed by atoms with Gasteiger partial charge in [0.2, 0.25) is 5.91 Å². The molecule has 36 heavy (non-hydrogen) atoms. The number of hydrogen-bond acceptors (Lipinski definition) is 7. The zero-order valence-electron chi connectivity index (χ0n) is 21.4. The summed E-state index contributed by atoms with van der Waals surface area (Å²) in [5.41, 5.74) is 1.35. The first-order chi connectivity index (χ1) is 17.2. The zero-order chi connectivity index (χ0) is 26.2. The van der Waals surface area contributed by atoms with E-state index in [0.717, 1.165) is 0 Å². The summed E-state index contributed by atoms with van der Waals surface area (Å²) in [4.78, 5) is 46.1. The number of anilines is 1. The number of benzene rings is 1. The molecular weight excluding hydrogens is 464 g/mol. The van der Waals surface area contributed by atoms with Crippen molar-refractivity contribution in [3.63, 3.8) is 0 Å². The number of methoxy groups -OCH3 is 2. The van der Waals surface area contributed by atoms with E-state index < -0.39 is 0 Å². The van der Waals surface area contributed by atoms with Crippen LogP contribution in [0.5, 0.6) is 5.75 Å². The van der Waals surface area contributed by atoms with E-state index in [1.54, 1.807) is 66.7 Å². The minimum absolute atomic E-state index is 0.0595. The van der Waals surface area contributed by atoms with Crippen LogP contribution in [0.2, 0.25) is 0 Å². The van der Waals surface area contributed by atoms with E-state index >= 15 is 0 Å². The Hall–Kier alpha value is -3.50. The molecule has 0 unspecified atom stereocenters. The van der Waals surface area contributed by atoms with Crippen molar-refractivity contribution >= 4 is 23.4 Å². The van der Waals surface area contributed by atoms with Crippen molar-refractivity contribution in [2.75, 3.05) is 52.9 Å². The number of nitrogens with zero attached hydrogens (tertiary/aromatic N) is 3. The van der Waals surface area contributed by atoms with Gasteiger partial charge in [-0.25, -0.2) is 0 Å². The predicted molar refractivity (Wildman–Crippen MR) is 134 cm³/mol. The second-order valence-corrected chi connectivity index (χ2v) is 8.98. The largest absolute Gasteiger partial charge is 0.491 e. The van der Waals surface area contributed by atoms with Crippen LogP contribution in [0.4, 0.5) is 5.69 Å². The molecule has 10 nitrogen and oxygen atoms in total. The minimum atomic E-state index is -0.325. The van der Waals surface area contributed by atoms with Crippen LogP contribution in [0.15, 0.2) is 42.7 Å². The number of aromatic nitrogens is 1. The summed E-state index contributed by atoms with van der Waals surface area (Å²) in [5.74, 6) is -0.443. The highest BCUT2D eigenvalue weighted by Crippen LogP contribution is 2.27. The predicted octanol–water partition coefficient (Wildman–Crippen LogP) is 2.31. The molecule has 1 aromatic carbocycles. The summed E-state index contributed by atoms with van der Waals surface area (Å²) in [6, 6.07) is 7.92. The second kappa shape index (κ2) is 12.5. The van der Waals surface area contributed by atoms with E-state index in [1.807, 2.05) is 13.8 Å². The Morgan fingerprint density at radius 3 is 2.53 bits per heavy atom. The molecule has 2 heterocycles.